The Morgan fingerprint density at radius 2 is 1.32 bits per heavy atom. The number of aliphatic hydroxyl groups is 1. The maximum atomic E-state index is 13.6. The number of aliphatic imine (C=N–C) groups is 2. The lowest BCUT2D eigenvalue weighted by atomic mass is 10.1. The van der Waals surface area contributed by atoms with Gasteiger partial charge in [0.15, 0.2) is 44.0 Å². The second-order valence-electron chi connectivity index (χ2n) is 24.1. The van der Waals surface area contributed by atoms with Crippen LogP contribution in [0.5, 0.6) is 5.75 Å². The number of ether oxygens (including phenoxy) is 2. The molecule has 80 heavy (non-hydrogen) atoms. The highest BCUT2D eigenvalue weighted by Gasteiger charge is 2.63. The lowest BCUT2D eigenvalue weighted by Gasteiger charge is -2.51. The Hall–Kier alpha value is -5.04. The van der Waals surface area contributed by atoms with Gasteiger partial charge in [0.1, 0.15) is 23.3 Å². The molecule has 2 unspecified atom stereocenters. The van der Waals surface area contributed by atoms with Gasteiger partial charge in [-0.3, -0.25) is 34.3 Å². The number of aromatic amines is 1. The van der Waals surface area contributed by atoms with E-state index in [9.17, 15) is 29.0 Å². The molecule has 5 N–H and O–H groups in total. The fourth-order valence-corrected chi connectivity index (χ4v) is 18.2. The van der Waals surface area contributed by atoms with Gasteiger partial charge in [-0.1, -0.05) is 120 Å². The molecule has 0 aliphatic carbocycles. The number of amidine groups is 2. The zero-order valence-electron chi connectivity index (χ0n) is 48.0. The van der Waals surface area contributed by atoms with Gasteiger partial charge in [0.05, 0.1) is 39.1 Å². The van der Waals surface area contributed by atoms with E-state index < -0.39 is 82.8 Å². The number of hydrogen-bond donors (Lipinski definition) is 5. The first-order valence-corrected chi connectivity index (χ1v) is 34.9. The van der Waals surface area contributed by atoms with Crippen molar-refractivity contribution in [3.8, 4) is 5.75 Å². The van der Waals surface area contributed by atoms with Gasteiger partial charge in [-0.25, -0.2) is 15.0 Å². The first kappa shape index (κ1) is 61.0. The summed E-state index contributed by atoms with van der Waals surface area (Å²) in [4.78, 5) is 77.2. The second kappa shape index (κ2) is 26.0. The predicted octanol–water partition coefficient (Wildman–Crippen LogP) is 4.10. The number of anilines is 1. The van der Waals surface area contributed by atoms with Crippen molar-refractivity contribution < 1.29 is 52.4 Å². The van der Waals surface area contributed by atoms with Crippen LogP contribution >= 0.6 is 7.60 Å². The summed E-state index contributed by atoms with van der Waals surface area (Å²) in [6, 6.07) is 27.8. The van der Waals surface area contributed by atoms with Gasteiger partial charge in [0, 0.05) is 38.8 Å². The highest BCUT2D eigenvalue weighted by molar-refractivity contribution is 7.50. The summed E-state index contributed by atoms with van der Waals surface area (Å²) < 4.78 is 40.6. The van der Waals surface area contributed by atoms with Crippen molar-refractivity contribution in [2.24, 2.45) is 9.98 Å². The van der Waals surface area contributed by atoms with Gasteiger partial charge in [0.2, 0.25) is 5.95 Å². The van der Waals surface area contributed by atoms with Crippen LogP contribution in [0.25, 0.3) is 11.2 Å². The topological polar surface area (TPSA) is 247 Å². The van der Waals surface area contributed by atoms with Gasteiger partial charge in [-0.05, 0) is 91.8 Å². The Kier molecular flexibility index (Phi) is 19.9. The van der Waals surface area contributed by atoms with Crippen LogP contribution in [-0.2, 0) is 22.9 Å². The number of H-pyrrole nitrogens is 1. The number of nitrogens with zero attached hydrogens (tertiary/aromatic N) is 5. The molecule has 3 aromatic carbocycles. The molecule has 0 spiro atoms. The molecule has 7 heterocycles. The molecule has 10 rings (SSSR count). The van der Waals surface area contributed by atoms with E-state index in [2.05, 4.69) is 30.3 Å². The van der Waals surface area contributed by atoms with Gasteiger partial charge in [-0.15, -0.1) is 0 Å². The van der Waals surface area contributed by atoms with E-state index in [-0.39, 0.29) is 17.1 Å². The molecule has 1 amide bonds. The maximum absolute atomic E-state index is 13.6. The minimum atomic E-state index is -6.04. The van der Waals surface area contributed by atoms with Gasteiger partial charge in [0.25, 0.3) is 19.8 Å². The van der Waals surface area contributed by atoms with E-state index in [1.165, 1.54) is 113 Å². The SMILES string of the molecule is C1CCC2=NCCC[NH+]2CC1.C1CCC2=NCCC[NH+]2CC1.CC(C)(C)[Si](C)(C)O[C@H]1[C@H](n2cnc3c(=O)[nH]c(NC(=O)COc4ccccc4)nc32)O[C@H](CO[Si](c2ccccc2)(c2ccccc2)C(C)(C)C)[C@]1(O)P(=O)([O-])[O-]. The van der Waals surface area contributed by atoms with Gasteiger partial charge >= 0.3 is 0 Å². The highest BCUT2D eigenvalue weighted by atomic mass is 31.2. The van der Waals surface area contributed by atoms with Crippen molar-refractivity contribution in [1.29, 1.82) is 0 Å². The molecule has 5 aromatic rings. The molecule has 5 aliphatic rings. The smallest absolute Gasteiger partial charge is 0.280 e. The van der Waals surface area contributed by atoms with E-state index in [0.29, 0.717) is 5.75 Å². The largest absolute Gasteiger partial charge is 0.809 e. The van der Waals surface area contributed by atoms with Crippen LogP contribution in [0.3, 0.4) is 0 Å². The molecular weight excluding hydrogens is 1070 g/mol. The third-order valence-corrected chi connectivity index (χ3v) is 27.4. The van der Waals surface area contributed by atoms with Crippen LogP contribution in [0.2, 0.25) is 23.2 Å². The van der Waals surface area contributed by atoms with Crippen LogP contribution in [-0.4, -0.2) is 129 Å². The van der Waals surface area contributed by atoms with Crippen molar-refractivity contribution in [3.63, 3.8) is 0 Å². The molecule has 0 radical (unpaired) electrons. The first-order valence-electron chi connectivity index (χ1n) is 28.6. The first-order chi connectivity index (χ1) is 38.0. The quantitative estimate of drug-likeness (QED) is 0.0827. The van der Waals surface area contributed by atoms with Crippen molar-refractivity contribution in [2.75, 3.05) is 57.8 Å². The second-order valence-corrected chi connectivity index (χ2v) is 34.9. The van der Waals surface area contributed by atoms with Crippen molar-refractivity contribution >= 4 is 69.3 Å². The van der Waals surface area contributed by atoms with Crippen LogP contribution in [0.15, 0.2) is 112 Å². The highest BCUT2D eigenvalue weighted by Crippen LogP contribution is 2.57. The minimum Gasteiger partial charge on any atom is -0.809 e. The summed E-state index contributed by atoms with van der Waals surface area (Å²) >= 11 is 0. The Labute approximate surface area is 473 Å². The van der Waals surface area contributed by atoms with E-state index in [4.69, 9.17) is 18.3 Å². The molecule has 22 heteroatoms. The van der Waals surface area contributed by atoms with Crippen LogP contribution in [0.4, 0.5) is 5.95 Å². The molecule has 0 bridgehead atoms. The summed E-state index contributed by atoms with van der Waals surface area (Å²) in [6.07, 6.45) is 9.57. The fraction of sp³-hybridized carbons (Fsp3) is 0.552. The molecule has 19 nitrogen and oxygen atoms in total. The molecule has 2 aromatic heterocycles. The number of rotatable bonds is 13. The number of amides is 1. The molecule has 6 atom stereocenters. The number of carbonyl (C=O) groups excluding carboxylic acids is 1. The monoisotopic (exact) mass is 1150 g/mol. The Morgan fingerprint density at radius 3 is 1.84 bits per heavy atom. The zero-order chi connectivity index (χ0) is 57.4. The summed E-state index contributed by atoms with van der Waals surface area (Å²) in [5.41, 5.74) is -1.06. The van der Waals surface area contributed by atoms with Crippen molar-refractivity contribution in [3.05, 3.63) is 108 Å². The van der Waals surface area contributed by atoms with E-state index in [1.54, 1.807) is 40.1 Å². The van der Waals surface area contributed by atoms with Gasteiger partial charge < -0.3 is 37.8 Å². The van der Waals surface area contributed by atoms with Crippen LogP contribution in [0.1, 0.15) is 112 Å². The average Bonchev–Trinajstić information content (AvgIpc) is 3.80. The molecule has 3 fully saturated rings. The number of hydrogen-bond acceptors (Lipinski definition) is 14. The molecule has 3 saturated heterocycles. The number of benzene rings is 3. The van der Waals surface area contributed by atoms with Crippen molar-refractivity contribution in [1.82, 2.24) is 19.5 Å². The summed E-state index contributed by atoms with van der Waals surface area (Å²) in [5.74, 6) is 2.51. The number of fused-ring (bicyclic) bond motifs is 3. The normalized spacial score (nSPS) is 23.8. The third kappa shape index (κ3) is 13.9. The van der Waals surface area contributed by atoms with E-state index >= 15 is 0 Å². The minimum absolute atomic E-state index is 0.139. The lowest BCUT2D eigenvalue weighted by Crippen LogP contribution is -3.15. The lowest BCUT2D eigenvalue weighted by molar-refractivity contribution is -0.809. The van der Waals surface area contributed by atoms with Gasteiger partial charge in [-0.2, -0.15) is 4.98 Å². The molecule has 434 valence electrons. The Bertz CT molecular complexity index is 2940. The number of quaternary nitrogens is 2. The van der Waals surface area contributed by atoms with Crippen molar-refractivity contribution in [2.45, 2.75) is 153 Å². The number of imidazole rings is 1. The molecule has 0 saturated carbocycles. The Balaban J connectivity index is 0.000000310. The number of nitrogens with one attached hydrogen (secondary N) is 4. The molecular formula is C58H84N9O10PSi2. The fourth-order valence-electron chi connectivity index (χ4n) is 11.2. The summed E-state index contributed by atoms with van der Waals surface area (Å²) in [5, 5.41) is 12.6. The van der Waals surface area contributed by atoms with E-state index in [1.807, 2.05) is 115 Å². The standard InChI is InChI=1S/C40H52N5O10PSi2.2C9H16N2/c1-38(2,3)57(7,8)55-33-36(45-26-41-32-34(45)43-37(44-35(32)47)42-31(46)25-52-27-18-12-9-13-19-27)54-30(40(33,48)56(49,50)51)24-53-58(39(4,5)6,28-20-14-10-15-21-28)29-22-16-11-17-23-29;2*1-2-5-9-10-6-4-8-11(9)7-3-1/h9-23,26,30,33,36,48H,24-25H2,1-8H3,(H2,49,50,51)(H2,42,43,44,46,47);2*1-8H2/t30-,33+,36-,40+;;/m1../s1. The maximum Gasteiger partial charge on any atom is 0.280 e. The predicted molar refractivity (Wildman–Crippen MR) is 313 cm³/mol. The summed E-state index contributed by atoms with van der Waals surface area (Å²) in [6.45, 7) is 22.2. The number of aromatic nitrogens is 4. The number of carbonyl (C=O) groups is 1. The number of para-hydroxylation sites is 1. The summed E-state index contributed by atoms with van der Waals surface area (Å²) in [7, 11) is -12.4. The van der Waals surface area contributed by atoms with Crippen LogP contribution in [0, 0.1) is 0 Å². The van der Waals surface area contributed by atoms with Crippen LogP contribution < -0.4 is 45.6 Å². The zero-order valence-corrected chi connectivity index (χ0v) is 50.9. The third-order valence-electron chi connectivity index (χ3n) is 16.5. The Morgan fingerprint density at radius 1 is 0.800 bits per heavy atom. The van der Waals surface area contributed by atoms with E-state index in [0.717, 1.165) is 23.5 Å². The average molecular weight is 1150 g/mol. The molecule has 5 aliphatic heterocycles.